The number of carbonyl (C=O) groups is 1. The molecule has 1 aliphatic heterocycles. The van der Waals surface area contributed by atoms with Gasteiger partial charge in [0.15, 0.2) is 0 Å². The maximum atomic E-state index is 12.0. The standard InChI is InChI=1S/C26H24N2O5S/c1-18(32-22-14-10-21(11-15-22)25-16-26(29)28-34(25,30)31)6-9-20-4-2-3-5-24(20)33-23-12-7-19(17-27)8-13-23/h2-5,7-8,10-15,18,25H,6,9,16H2,1H3,(H,28,29)/t18-,25?/m0/s1. The molecule has 1 saturated heterocycles. The van der Waals surface area contributed by atoms with Gasteiger partial charge in [-0.05, 0) is 73.4 Å². The van der Waals surface area contributed by atoms with E-state index in [0.717, 1.165) is 24.2 Å². The van der Waals surface area contributed by atoms with Crippen LogP contribution in [0.4, 0.5) is 0 Å². The Bertz CT molecular complexity index is 1310. The van der Waals surface area contributed by atoms with E-state index < -0.39 is 21.2 Å². The predicted octanol–water partition coefficient (Wildman–Crippen LogP) is 4.64. The van der Waals surface area contributed by atoms with Crippen LogP contribution in [0.25, 0.3) is 0 Å². The predicted molar refractivity (Wildman–Crippen MR) is 127 cm³/mol. The minimum Gasteiger partial charge on any atom is -0.491 e. The van der Waals surface area contributed by atoms with Gasteiger partial charge in [-0.1, -0.05) is 30.3 Å². The van der Waals surface area contributed by atoms with Crippen molar-refractivity contribution in [1.29, 1.82) is 5.26 Å². The highest BCUT2D eigenvalue weighted by molar-refractivity contribution is 7.90. The van der Waals surface area contributed by atoms with Crippen molar-refractivity contribution in [2.75, 3.05) is 0 Å². The molecule has 1 fully saturated rings. The number of nitrogens with one attached hydrogen (secondary N) is 1. The summed E-state index contributed by atoms with van der Waals surface area (Å²) in [7, 11) is -3.66. The summed E-state index contributed by atoms with van der Waals surface area (Å²) in [5.41, 5.74) is 2.18. The third kappa shape index (κ3) is 5.56. The number of hydrogen-bond acceptors (Lipinski definition) is 6. The number of sulfonamides is 1. The minimum atomic E-state index is -3.66. The average Bonchev–Trinajstić information content (AvgIpc) is 3.11. The van der Waals surface area contributed by atoms with E-state index in [4.69, 9.17) is 14.7 Å². The van der Waals surface area contributed by atoms with Crippen LogP contribution in [0.2, 0.25) is 0 Å². The Hall–Kier alpha value is -3.83. The first-order chi connectivity index (χ1) is 16.3. The zero-order chi connectivity index (χ0) is 24.1. The largest absolute Gasteiger partial charge is 0.491 e. The Balaban J connectivity index is 1.35. The normalized spacial score (nSPS) is 17.4. The van der Waals surface area contributed by atoms with Gasteiger partial charge in [-0.3, -0.25) is 9.52 Å². The minimum absolute atomic E-state index is 0.0666. The van der Waals surface area contributed by atoms with Crippen molar-refractivity contribution in [2.45, 2.75) is 37.5 Å². The van der Waals surface area contributed by atoms with Crippen molar-refractivity contribution in [3.05, 3.63) is 89.5 Å². The van der Waals surface area contributed by atoms with Gasteiger partial charge in [0.2, 0.25) is 15.9 Å². The van der Waals surface area contributed by atoms with Crippen LogP contribution in [0, 0.1) is 11.3 Å². The van der Waals surface area contributed by atoms with Gasteiger partial charge < -0.3 is 9.47 Å². The summed E-state index contributed by atoms with van der Waals surface area (Å²) in [4.78, 5) is 11.5. The summed E-state index contributed by atoms with van der Waals surface area (Å²) in [5.74, 6) is 1.57. The Morgan fingerprint density at radius 3 is 2.35 bits per heavy atom. The summed E-state index contributed by atoms with van der Waals surface area (Å²) < 4.78 is 38.1. The zero-order valence-electron chi connectivity index (χ0n) is 18.6. The van der Waals surface area contributed by atoms with Gasteiger partial charge in [-0.2, -0.15) is 5.26 Å². The van der Waals surface area contributed by atoms with Crippen LogP contribution < -0.4 is 14.2 Å². The first-order valence-corrected chi connectivity index (χ1v) is 12.5. The summed E-state index contributed by atoms with van der Waals surface area (Å²) in [6.07, 6.45) is 1.32. The number of rotatable bonds is 8. The first kappa shape index (κ1) is 23.3. The van der Waals surface area contributed by atoms with E-state index in [0.29, 0.717) is 22.6 Å². The number of para-hydroxylation sites is 1. The van der Waals surface area contributed by atoms with Gasteiger partial charge >= 0.3 is 0 Å². The lowest BCUT2D eigenvalue weighted by Crippen LogP contribution is -2.21. The van der Waals surface area contributed by atoms with Crippen molar-refractivity contribution < 1.29 is 22.7 Å². The highest BCUT2D eigenvalue weighted by Gasteiger charge is 2.37. The van der Waals surface area contributed by atoms with Crippen molar-refractivity contribution >= 4 is 15.9 Å². The molecule has 1 aliphatic rings. The molecule has 1 amide bonds. The molecule has 2 atom stereocenters. The summed E-state index contributed by atoms with van der Waals surface area (Å²) >= 11 is 0. The molecule has 0 bridgehead atoms. The van der Waals surface area contributed by atoms with Gasteiger partial charge in [0, 0.05) is 0 Å². The highest BCUT2D eigenvalue weighted by atomic mass is 32.2. The molecule has 0 radical (unpaired) electrons. The number of ether oxygens (including phenoxy) is 2. The quantitative estimate of drug-likeness (QED) is 0.508. The number of carbonyl (C=O) groups excluding carboxylic acids is 1. The summed E-state index contributed by atoms with van der Waals surface area (Å²) in [5, 5.41) is 8.08. The molecule has 34 heavy (non-hydrogen) atoms. The van der Waals surface area contributed by atoms with Crippen LogP contribution in [-0.2, 0) is 21.2 Å². The summed E-state index contributed by atoms with van der Waals surface area (Å²) in [6, 6.07) is 23.7. The monoisotopic (exact) mass is 476 g/mol. The van der Waals surface area contributed by atoms with Gasteiger partial charge in [0.1, 0.15) is 22.5 Å². The van der Waals surface area contributed by atoms with Crippen LogP contribution in [0.3, 0.4) is 0 Å². The van der Waals surface area contributed by atoms with E-state index in [1.165, 1.54) is 0 Å². The first-order valence-electron chi connectivity index (χ1n) is 10.9. The second-order valence-electron chi connectivity index (χ2n) is 8.15. The van der Waals surface area contributed by atoms with Gasteiger partial charge in [-0.25, -0.2) is 8.42 Å². The Morgan fingerprint density at radius 1 is 1.03 bits per heavy atom. The third-order valence-corrected chi connectivity index (χ3v) is 7.29. The van der Waals surface area contributed by atoms with Crippen molar-refractivity contribution in [3.63, 3.8) is 0 Å². The topological polar surface area (TPSA) is 105 Å². The lowest BCUT2D eigenvalue weighted by atomic mass is 10.1. The Morgan fingerprint density at radius 2 is 1.71 bits per heavy atom. The van der Waals surface area contributed by atoms with Crippen LogP contribution in [-0.4, -0.2) is 20.4 Å². The second kappa shape index (κ2) is 9.98. The zero-order valence-corrected chi connectivity index (χ0v) is 19.4. The lowest BCUT2D eigenvalue weighted by molar-refractivity contribution is -0.118. The molecule has 7 nitrogen and oxygen atoms in total. The molecule has 0 aromatic heterocycles. The SMILES string of the molecule is C[C@@H](CCc1ccccc1Oc1ccc(C#N)cc1)Oc1ccc(C2CC(=O)NS2(=O)=O)cc1. The molecule has 3 aromatic rings. The molecule has 0 spiro atoms. The number of hydrogen-bond donors (Lipinski definition) is 1. The van der Waals surface area contributed by atoms with Gasteiger partial charge in [0.25, 0.3) is 0 Å². The Kier molecular flexibility index (Phi) is 6.85. The number of amides is 1. The van der Waals surface area contributed by atoms with E-state index in [9.17, 15) is 13.2 Å². The summed E-state index contributed by atoms with van der Waals surface area (Å²) in [6.45, 7) is 1.97. The van der Waals surface area contributed by atoms with Crippen molar-refractivity contribution in [3.8, 4) is 23.3 Å². The number of aryl methyl sites for hydroxylation is 1. The fourth-order valence-electron chi connectivity index (χ4n) is 3.79. The van der Waals surface area contributed by atoms with Crippen LogP contribution in [0.15, 0.2) is 72.8 Å². The molecular weight excluding hydrogens is 452 g/mol. The molecule has 1 heterocycles. The number of nitriles is 1. The van der Waals surface area contributed by atoms with E-state index in [-0.39, 0.29) is 12.5 Å². The van der Waals surface area contributed by atoms with Crippen LogP contribution in [0.1, 0.15) is 41.7 Å². The molecule has 0 saturated carbocycles. The molecule has 3 aromatic carbocycles. The molecule has 1 unspecified atom stereocenters. The molecular formula is C26H24N2O5S. The van der Waals surface area contributed by atoms with Crippen molar-refractivity contribution in [2.24, 2.45) is 0 Å². The second-order valence-corrected chi connectivity index (χ2v) is 10.0. The fourth-order valence-corrected chi connectivity index (χ4v) is 5.22. The molecule has 174 valence electrons. The maximum absolute atomic E-state index is 12.0. The van der Waals surface area contributed by atoms with E-state index >= 15 is 0 Å². The van der Waals surface area contributed by atoms with Crippen LogP contribution in [0.5, 0.6) is 17.2 Å². The highest BCUT2D eigenvalue weighted by Crippen LogP contribution is 2.31. The lowest BCUT2D eigenvalue weighted by Gasteiger charge is -2.17. The fraction of sp³-hybridized carbons (Fsp3) is 0.231. The van der Waals surface area contributed by atoms with Crippen molar-refractivity contribution in [1.82, 2.24) is 4.72 Å². The molecule has 1 N–H and O–H groups in total. The molecule has 0 aliphatic carbocycles. The average molecular weight is 477 g/mol. The van der Waals surface area contributed by atoms with Gasteiger partial charge in [-0.15, -0.1) is 0 Å². The maximum Gasteiger partial charge on any atom is 0.242 e. The van der Waals surface area contributed by atoms with Crippen LogP contribution >= 0.6 is 0 Å². The molecule has 8 heteroatoms. The van der Waals surface area contributed by atoms with E-state index in [1.807, 2.05) is 35.9 Å². The number of nitrogens with zero attached hydrogens (tertiary/aromatic N) is 1. The van der Waals surface area contributed by atoms with Gasteiger partial charge in [0.05, 0.1) is 24.2 Å². The van der Waals surface area contributed by atoms with E-state index in [2.05, 4.69) is 6.07 Å². The smallest absolute Gasteiger partial charge is 0.242 e. The Labute approximate surface area is 199 Å². The number of benzene rings is 3. The van der Waals surface area contributed by atoms with E-state index in [1.54, 1.807) is 48.5 Å². The molecule has 4 rings (SSSR count). The third-order valence-electron chi connectivity index (χ3n) is 5.59.